The summed E-state index contributed by atoms with van der Waals surface area (Å²) in [6, 6.07) is 0. The van der Waals surface area contributed by atoms with Gasteiger partial charge in [0.05, 0.1) is 6.10 Å². The van der Waals surface area contributed by atoms with Crippen LogP contribution in [0.1, 0.15) is 39.5 Å². The molecule has 1 aliphatic heterocycles. The molecule has 1 atom stereocenters. The summed E-state index contributed by atoms with van der Waals surface area (Å²) in [6.07, 6.45) is 0.460. The SMILES string of the molecule is CC(C)OC(=O)NS(=O)(=O)N1CCCC(CCC(=O)O)C1. The summed E-state index contributed by atoms with van der Waals surface area (Å²) in [5, 5.41) is 8.67. The number of carboxylic acids is 1. The summed E-state index contributed by atoms with van der Waals surface area (Å²) >= 11 is 0. The first-order chi connectivity index (χ1) is 9.70. The van der Waals surface area contributed by atoms with Gasteiger partial charge in [0.2, 0.25) is 0 Å². The lowest BCUT2D eigenvalue weighted by molar-refractivity contribution is -0.137. The quantitative estimate of drug-likeness (QED) is 0.752. The van der Waals surface area contributed by atoms with Gasteiger partial charge in [-0.05, 0) is 39.0 Å². The highest BCUT2D eigenvalue weighted by atomic mass is 32.2. The summed E-state index contributed by atoms with van der Waals surface area (Å²) in [4.78, 5) is 22.0. The maximum atomic E-state index is 12.1. The minimum absolute atomic E-state index is 0.00690. The van der Waals surface area contributed by atoms with E-state index in [9.17, 15) is 18.0 Å². The first-order valence-electron chi connectivity index (χ1n) is 6.91. The van der Waals surface area contributed by atoms with Gasteiger partial charge in [-0.1, -0.05) is 0 Å². The Morgan fingerprint density at radius 3 is 2.67 bits per heavy atom. The van der Waals surface area contributed by atoms with Crippen molar-refractivity contribution in [3.8, 4) is 0 Å². The fourth-order valence-electron chi connectivity index (χ4n) is 2.22. The summed E-state index contributed by atoms with van der Waals surface area (Å²) in [7, 11) is -3.94. The van der Waals surface area contributed by atoms with Crippen LogP contribution in [0.3, 0.4) is 0 Å². The highest BCUT2D eigenvalue weighted by Gasteiger charge is 2.30. The Morgan fingerprint density at radius 1 is 1.43 bits per heavy atom. The van der Waals surface area contributed by atoms with Gasteiger partial charge in [0.1, 0.15) is 0 Å². The molecule has 122 valence electrons. The van der Waals surface area contributed by atoms with Crippen molar-refractivity contribution in [2.24, 2.45) is 5.92 Å². The molecule has 0 aromatic carbocycles. The molecule has 8 nitrogen and oxygen atoms in total. The molecule has 1 unspecified atom stereocenters. The van der Waals surface area contributed by atoms with E-state index in [1.165, 1.54) is 4.31 Å². The summed E-state index contributed by atoms with van der Waals surface area (Å²) in [5.41, 5.74) is 0. The Balaban J connectivity index is 2.57. The summed E-state index contributed by atoms with van der Waals surface area (Å²) in [5.74, 6) is -0.902. The Labute approximate surface area is 124 Å². The second-order valence-corrected chi connectivity index (χ2v) is 7.03. The molecular weight excluding hydrogens is 300 g/mol. The molecule has 0 aliphatic carbocycles. The zero-order chi connectivity index (χ0) is 16.0. The van der Waals surface area contributed by atoms with Crippen LogP contribution in [0.5, 0.6) is 0 Å². The number of rotatable bonds is 6. The van der Waals surface area contributed by atoms with E-state index < -0.39 is 28.4 Å². The van der Waals surface area contributed by atoms with Crippen molar-refractivity contribution in [1.82, 2.24) is 9.03 Å². The number of carbonyl (C=O) groups excluding carboxylic acids is 1. The van der Waals surface area contributed by atoms with Crippen molar-refractivity contribution in [2.45, 2.75) is 45.6 Å². The zero-order valence-corrected chi connectivity index (χ0v) is 13.1. The average Bonchev–Trinajstić information content (AvgIpc) is 2.35. The standard InChI is InChI=1S/C12H22N2O6S/c1-9(2)20-12(17)13-21(18,19)14-7-3-4-10(8-14)5-6-11(15)16/h9-10H,3-8H2,1-2H3,(H,13,17)(H,15,16). The molecule has 0 spiro atoms. The van der Waals surface area contributed by atoms with Gasteiger partial charge < -0.3 is 9.84 Å². The number of ether oxygens (including phenoxy) is 1. The number of aliphatic carboxylic acids is 1. The number of amides is 1. The molecule has 21 heavy (non-hydrogen) atoms. The molecule has 2 N–H and O–H groups in total. The molecule has 1 fully saturated rings. The van der Waals surface area contributed by atoms with E-state index in [4.69, 9.17) is 9.84 Å². The number of hydrogen-bond acceptors (Lipinski definition) is 5. The van der Waals surface area contributed by atoms with E-state index in [-0.39, 0.29) is 18.9 Å². The van der Waals surface area contributed by atoms with Crippen molar-refractivity contribution >= 4 is 22.3 Å². The molecular formula is C12H22N2O6S. The van der Waals surface area contributed by atoms with Crippen molar-refractivity contribution in [2.75, 3.05) is 13.1 Å². The van der Waals surface area contributed by atoms with Crippen LogP contribution in [0.15, 0.2) is 0 Å². The fourth-order valence-corrected chi connectivity index (χ4v) is 3.38. The largest absolute Gasteiger partial charge is 0.481 e. The van der Waals surface area contributed by atoms with Crippen molar-refractivity contribution in [3.63, 3.8) is 0 Å². The van der Waals surface area contributed by atoms with Gasteiger partial charge in [-0.3, -0.25) is 4.79 Å². The van der Waals surface area contributed by atoms with Gasteiger partial charge in [-0.15, -0.1) is 0 Å². The predicted octanol–water partition coefficient (Wildman–Crippen LogP) is 0.943. The summed E-state index contributed by atoms with van der Waals surface area (Å²) in [6.45, 7) is 3.77. The van der Waals surface area contributed by atoms with E-state index in [1.54, 1.807) is 13.8 Å². The van der Waals surface area contributed by atoms with E-state index in [1.807, 2.05) is 4.72 Å². The van der Waals surface area contributed by atoms with Crippen LogP contribution in [0.25, 0.3) is 0 Å². The van der Waals surface area contributed by atoms with Crippen molar-refractivity contribution in [1.29, 1.82) is 0 Å². The lowest BCUT2D eigenvalue weighted by Crippen LogP contribution is -2.48. The number of piperidine rings is 1. The molecule has 0 bridgehead atoms. The van der Waals surface area contributed by atoms with Crippen LogP contribution in [-0.2, 0) is 19.7 Å². The van der Waals surface area contributed by atoms with Gasteiger partial charge in [-0.2, -0.15) is 12.7 Å². The minimum Gasteiger partial charge on any atom is -0.481 e. The average molecular weight is 322 g/mol. The molecule has 0 aromatic rings. The van der Waals surface area contributed by atoms with Crippen LogP contribution in [-0.4, -0.2) is 49.1 Å². The van der Waals surface area contributed by atoms with Gasteiger partial charge in [0.25, 0.3) is 0 Å². The molecule has 0 saturated carbocycles. The van der Waals surface area contributed by atoms with E-state index >= 15 is 0 Å². The van der Waals surface area contributed by atoms with Crippen LogP contribution in [0.2, 0.25) is 0 Å². The number of carboxylic acid groups (broad SMARTS) is 1. The number of nitrogens with one attached hydrogen (secondary N) is 1. The third-order valence-corrected chi connectivity index (χ3v) is 4.58. The smallest absolute Gasteiger partial charge is 0.422 e. The molecule has 1 saturated heterocycles. The monoisotopic (exact) mass is 322 g/mol. The highest BCUT2D eigenvalue weighted by molar-refractivity contribution is 7.87. The van der Waals surface area contributed by atoms with Gasteiger partial charge in [-0.25, -0.2) is 9.52 Å². The first kappa shape index (κ1) is 17.7. The minimum atomic E-state index is -3.94. The third-order valence-electron chi connectivity index (χ3n) is 3.14. The van der Waals surface area contributed by atoms with Crippen LogP contribution >= 0.6 is 0 Å². The maximum Gasteiger partial charge on any atom is 0.422 e. The molecule has 1 aliphatic rings. The first-order valence-corrected chi connectivity index (χ1v) is 8.35. The molecule has 1 amide bonds. The highest BCUT2D eigenvalue weighted by Crippen LogP contribution is 2.22. The predicted molar refractivity (Wildman–Crippen MR) is 74.8 cm³/mol. The fraction of sp³-hybridized carbons (Fsp3) is 0.833. The van der Waals surface area contributed by atoms with E-state index in [0.717, 1.165) is 6.42 Å². The molecule has 1 rings (SSSR count). The third kappa shape index (κ3) is 6.30. The topological polar surface area (TPSA) is 113 Å². The van der Waals surface area contributed by atoms with E-state index in [2.05, 4.69) is 0 Å². The Morgan fingerprint density at radius 2 is 2.10 bits per heavy atom. The maximum absolute atomic E-state index is 12.1. The molecule has 1 heterocycles. The second kappa shape index (κ2) is 7.60. The number of nitrogens with zero attached hydrogens (tertiary/aromatic N) is 1. The van der Waals surface area contributed by atoms with Gasteiger partial charge in [0, 0.05) is 19.5 Å². The Hall–Kier alpha value is -1.35. The van der Waals surface area contributed by atoms with Gasteiger partial charge in [0.15, 0.2) is 0 Å². The lowest BCUT2D eigenvalue weighted by Gasteiger charge is -2.31. The van der Waals surface area contributed by atoms with Crippen LogP contribution in [0, 0.1) is 5.92 Å². The Kier molecular flexibility index (Phi) is 6.41. The van der Waals surface area contributed by atoms with Crippen LogP contribution in [0.4, 0.5) is 4.79 Å². The zero-order valence-electron chi connectivity index (χ0n) is 12.2. The Bertz CT molecular complexity index is 476. The molecule has 0 aromatic heterocycles. The molecule has 0 radical (unpaired) electrons. The summed E-state index contributed by atoms with van der Waals surface area (Å²) < 4.78 is 31.9. The van der Waals surface area contributed by atoms with E-state index in [0.29, 0.717) is 19.4 Å². The lowest BCUT2D eigenvalue weighted by atomic mass is 9.95. The normalized spacial score (nSPS) is 20.2. The van der Waals surface area contributed by atoms with Gasteiger partial charge >= 0.3 is 22.3 Å². The second-order valence-electron chi connectivity index (χ2n) is 5.36. The molecule has 9 heteroatoms. The van der Waals surface area contributed by atoms with Crippen molar-refractivity contribution < 1.29 is 27.9 Å². The number of carbonyl (C=O) groups is 2. The van der Waals surface area contributed by atoms with Crippen molar-refractivity contribution in [3.05, 3.63) is 0 Å². The number of hydrogen-bond donors (Lipinski definition) is 2. The van der Waals surface area contributed by atoms with Crippen LogP contribution < -0.4 is 4.72 Å².